The van der Waals surface area contributed by atoms with Gasteiger partial charge in [-0.15, -0.1) is 0 Å². The zero-order chi connectivity index (χ0) is 31.6. The lowest BCUT2D eigenvalue weighted by atomic mass is 9.77. The summed E-state index contributed by atoms with van der Waals surface area (Å²) < 4.78 is 0. The number of amides is 3. The fourth-order valence-corrected chi connectivity index (χ4v) is 4.02. The number of hydrogen-bond donors (Lipinski definition) is 12. The van der Waals surface area contributed by atoms with E-state index in [1.807, 2.05) is 0 Å². The fourth-order valence-electron chi connectivity index (χ4n) is 4.02. The van der Waals surface area contributed by atoms with Gasteiger partial charge in [-0.05, 0) is 6.42 Å². The maximum Gasteiger partial charge on any atom is 0.246 e. The summed E-state index contributed by atoms with van der Waals surface area (Å²) in [5.74, 6) is -4.21. The molecular formula is C26H51N3O12. The third kappa shape index (κ3) is 10.4. The van der Waals surface area contributed by atoms with E-state index in [1.165, 1.54) is 0 Å². The molecule has 0 saturated carbocycles. The molecule has 0 bridgehead atoms. The quantitative estimate of drug-likeness (QED) is 0.0375. The SMILES string of the molecule is CCCCCCCCCCC(C(=O)NC(CO)(CO)CO)(C(=O)NC(CO)(CO)CO)C(=O)NC(CO)(CO)CO. The molecular weight excluding hydrogens is 546 g/mol. The summed E-state index contributed by atoms with van der Waals surface area (Å²) in [7, 11) is 0. The van der Waals surface area contributed by atoms with Crippen LogP contribution in [0, 0.1) is 5.41 Å². The molecule has 3 amide bonds. The van der Waals surface area contributed by atoms with E-state index >= 15 is 0 Å². The molecule has 0 aliphatic carbocycles. The van der Waals surface area contributed by atoms with Crippen LogP contribution in [-0.4, -0.2) is 140 Å². The average molecular weight is 598 g/mol. The van der Waals surface area contributed by atoms with Gasteiger partial charge < -0.3 is 61.9 Å². The Hall–Kier alpha value is -1.95. The first kappa shape index (κ1) is 39.0. The minimum Gasteiger partial charge on any atom is -0.394 e. The third-order valence-corrected chi connectivity index (χ3v) is 7.43. The van der Waals surface area contributed by atoms with E-state index < -0.39 is 106 Å². The van der Waals surface area contributed by atoms with Crippen LogP contribution in [-0.2, 0) is 14.4 Å². The predicted molar refractivity (Wildman–Crippen MR) is 146 cm³/mol. The van der Waals surface area contributed by atoms with Gasteiger partial charge in [0, 0.05) is 0 Å². The average Bonchev–Trinajstić information content (AvgIpc) is 3.00. The molecule has 0 heterocycles. The highest BCUT2D eigenvalue weighted by Gasteiger charge is 2.56. The van der Waals surface area contributed by atoms with Crippen LogP contribution in [0.2, 0.25) is 0 Å². The maximum atomic E-state index is 13.8. The van der Waals surface area contributed by atoms with E-state index in [4.69, 9.17) is 0 Å². The molecule has 0 saturated heterocycles. The number of carbonyl (C=O) groups is 3. The predicted octanol–water partition coefficient (Wildman–Crippen LogP) is -4.00. The summed E-state index contributed by atoms with van der Waals surface area (Å²) in [5, 5.41) is 94.4. The molecule has 41 heavy (non-hydrogen) atoms. The summed E-state index contributed by atoms with van der Waals surface area (Å²) in [5.41, 5.74) is -9.05. The Balaban J connectivity index is 6.73. The molecule has 0 unspecified atom stereocenters. The van der Waals surface area contributed by atoms with Crippen LogP contribution in [0.5, 0.6) is 0 Å². The molecule has 0 aromatic rings. The molecule has 15 nitrogen and oxygen atoms in total. The van der Waals surface area contributed by atoms with Crippen molar-refractivity contribution in [2.45, 2.75) is 81.3 Å². The summed E-state index contributed by atoms with van der Waals surface area (Å²) in [6.45, 7) is -6.88. The van der Waals surface area contributed by atoms with E-state index in [9.17, 15) is 60.3 Å². The van der Waals surface area contributed by atoms with Crippen LogP contribution < -0.4 is 16.0 Å². The Labute approximate surface area is 240 Å². The molecule has 0 radical (unpaired) electrons. The second-order valence-corrected chi connectivity index (χ2v) is 10.8. The van der Waals surface area contributed by atoms with Gasteiger partial charge in [-0.3, -0.25) is 14.4 Å². The van der Waals surface area contributed by atoms with E-state index in [1.54, 1.807) is 0 Å². The zero-order valence-electron chi connectivity index (χ0n) is 24.0. The molecule has 0 fully saturated rings. The summed E-state index contributed by atoms with van der Waals surface area (Å²) in [6.07, 6.45) is 5.74. The number of rotatable bonds is 24. The highest BCUT2D eigenvalue weighted by atomic mass is 16.3. The van der Waals surface area contributed by atoms with E-state index in [0.717, 1.165) is 32.1 Å². The molecule has 0 aliphatic rings. The largest absolute Gasteiger partial charge is 0.394 e. The number of nitrogens with one attached hydrogen (secondary N) is 3. The number of aliphatic hydroxyl groups excluding tert-OH is 9. The minimum absolute atomic E-state index is 0.0984. The Morgan fingerprint density at radius 2 is 0.683 bits per heavy atom. The van der Waals surface area contributed by atoms with Crippen LogP contribution in [0.15, 0.2) is 0 Å². The van der Waals surface area contributed by atoms with Crippen molar-refractivity contribution in [3.8, 4) is 0 Å². The Bertz CT molecular complexity index is 662. The third-order valence-electron chi connectivity index (χ3n) is 7.43. The van der Waals surface area contributed by atoms with E-state index in [-0.39, 0.29) is 6.42 Å². The number of hydrogen-bond acceptors (Lipinski definition) is 12. The van der Waals surface area contributed by atoms with Gasteiger partial charge in [-0.25, -0.2) is 0 Å². The first-order chi connectivity index (χ1) is 19.5. The summed E-state index contributed by atoms with van der Waals surface area (Å²) in [4.78, 5) is 41.5. The van der Waals surface area contributed by atoms with Crippen LogP contribution in [0.4, 0.5) is 0 Å². The van der Waals surface area contributed by atoms with Crippen molar-refractivity contribution in [1.29, 1.82) is 0 Å². The zero-order valence-corrected chi connectivity index (χ0v) is 24.0. The van der Waals surface area contributed by atoms with Gasteiger partial charge in [-0.1, -0.05) is 58.3 Å². The molecule has 0 aliphatic heterocycles. The topological polar surface area (TPSA) is 269 Å². The standard InChI is InChI=1S/C26H51N3O12/c1-2-3-4-5-6-7-8-9-10-26(20(39)27-23(11-30,12-31)13-32,21(40)28-24(14-33,15-34)16-35)22(41)29-25(17-36,18-37)19-38/h30-38H,2-19H2,1H3,(H,27,39)(H,28,40)(H,29,41). The maximum absolute atomic E-state index is 13.8. The number of unbranched alkanes of at least 4 members (excludes halogenated alkanes) is 7. The lowest BCUT2D eigenvalue weighted by Gasteiger charge is -2.40. The molecule has 0 aromatic carbocycles. The second-order valence-electron chi connectivity index (χ2n) is 10.8. The Kier molecular flexibility index (Phi) is 18.4. The van der Waals surface area contributed by atoms with Crippen molar-refractivity contribution < 1.29 is 60.3 Å². The summed E-state index contributed by atoms with van der Waals surface area (Å²) in [6, 6.07) is 0. The first-order valence-electron chi connectivity index (χ1n) is 14.0. The van der Waals surface area contributed by atoms with Gasteiger partial charge in [0.1, 0.15) is 16.6 Å². The van der Waals surface area contributed by atoms with E-state index in [0.29, 0.717) is 12.8 Å². The Morgan fingerprint density at radius 3 is 0.927 bits per heavy atom. The van der Waals surface area contributed by atoms with Gasteiger partial charge in [0.2, 0.25) is 23.1 Å². The fraction of sp³-hybridized carbons (Fsp3) is 0.885. The van der Waals surface area contributed by atoms with Gasteiger partial charge >= 0.3 is 0 Å². The van der Waals surface area contributed by atoms with Crippen molar-refractivity contribution in [2.75, 3.05) is 59.5 Å². The van der Waals surface area contributed by atoms with Crippen molar-refractivity contribution in [1.82, 2.24) is 16.0 Å². The van der Waals surface area contributed by atoms with Crippen LogP contribution in [0.3, 0.4) is 0 Å². The van der Waals surface area contributed by atoms with Crippen molar-refractivity contribution in [3.63, 3.8) is 0 Å². The minimum atomic E-state index is -2.82. The van der Waals surface area contributed by atoms with Crippen molar-refractivity contribution in [2.24, 2.45) is 5.41 Å². The second kappa shape index (κ2) is 19.3. The van der Waals surface area contributed by atoms with Crippen molar-refractivity contribution in [3.05, 3.63) is 0 Å². The number of carbonyl (C=O) groups excluding carboxylic acids is 3. The Morgan fingerprint density at radius 1 is 0.439 bits per heavy atom. The van der Waals surface area contributed by atoms with Crippen LogP contribution >= 0.6 is 0 Å². The monoisotopic (exact) mass is 597 g/mol. The normalized spacial score (nSPS) is 12.7. The highest BCUT2D eigenvalue weighted by molar-refractivity contribution is 6.23. The lowest BCUT2D eigenvalue weighted by molar-refractivity contribution is -0.158. The highest BCUT2D eigenvalue weighted by Crippen LogP contribution is 2.30. The van der Waals surface area contributed by atoms with Gasteiger partial charge in [-0.2, -0.15) is 0 Å². The van der Waals surface area contributed by atoms with Crippen LogP contribution in [0.25, 0.3) is 0 Å². The van der Waals surface area contributed by atoms with Gasteiger partial charge in [0.05, 0.1) is 59.5 Å². The lowest BCUT2D eigenvalue weighted by Crippen LogP contribution is -2.71. The van der Waals surface area contributed by atoms with E-state index in [2.05, 4.69) is 22.9 Å². The van der Waals surface area contributed by atoms with Gasteiger partial charge in [0.25, 0.3) is 0 Å². The molecule has 0 atom stereocenters. The summed E-state index contributed by atoms with van der Waals surface area (Å²) >= 11 is 0. The molecule has 0 aromatic heterocycles. The number of aliphatic hydroxyl groups is 9. The molecule has 242 valence electrons. The molecule has 0 spiro atoms. The first-order valence-corrected chi connectivity index (χ1v) is 14.0. The molecule has 12 N–H and O–H groups in total. The van der Waals surface area contributed by atoms with Crippen LogP contribution in [0.1, 0.15) is 64.7 Å². The smallest absolute Gasteiger partial charge is 0.246 e. The van der Waals surface area contributed by atoms with Gasteiger partial charge in [0.15, 0.2) is 0 Å². The molecule has 15 heteroatoms. The van der Waals surface area contributed by atoms with Crippen molar-refractivity contribution >= 4 is 17.7 Å². The molecule has 0 rings (SSSR count).